The molecule has 0 fully saturated rings. The minimum Gasteiger partial charge on any atom is -0.478 e. The van der Waals surface area contributed by atoms with Gasteiger partial charge in [0.25, 0.3) is 0 Å². The summed E-state index contributed by atoms with van der Waals surface area (Å²) < 4.78 is 5.66. The molecule has 3 aromatic rings. The number of nitrogens with zero attached hydrogens (tertiary/aromatic N) is 1. The van der Waals surface area contributed by atoms with Crippen molar-refractivity contribution in [3.63, 3.8) is 0 Å². The molecule has 2 heterocycles. The summed E-state index contributed by atoms with van der Waals surface area (Å²) in [6, 6.07) is 11.0. The van der Waals surface area contributed by atoms with Crippen molar-refractivity contribution in [1.82, 2.24) is 4.98 Å². The number of pyridine rings is 1. The number of aromatic carboxylic acids is 1. The molecule has 0 unspecified atom stereocenters. The Kier molecular flexibility index (Phi) is 3.43. The van der Waals surface area contributed by atoms with Crippen LogP contribution in [-0.2, 0) is 5.75 Å². The van der Waals surface area contributed by atoms with Gasteiger partial charge in [0, 0.05) is 22.7 Å². The molecular weight excluding hydrogens is 274 g/mol. The van der Waals surface area contributed by atoms with Crippen molar-refractivity contribution in [2.24, 2.45) is 0 Å². The van der Waals surface area contributed by atoms with Gasteiger partial charge in [-0.05, 0) is 18.2 Å². The number of para-hydroxylation sites is 1. The zero-order valence-corrected chi connectivity index (χ0v) is 11.3. The van der Waals surface area contributed by atoms with Crippen molar-refractivity contribution < 1.29 is 14.3 Å². The molecule has 4 nitrogen and oxygen atoms in total. The molecule has 0 saturated heterocycles. The number of furan rings is 1. The average molecular weight is 285 g/mol. The highest BCUT2D eigenvalue weighted by Crippen LogP contribution is 2.31. The molecule has 20 heavy (non-hydrogen) atoms. The number of benzene rings is 1. The number of carboxylic acid groups (broad SMARTS) is 1. The number of carboxylic acids is 1. The van der Waals surface area contributed by atoms with Crippen molar-refractivity contribution in [1.29, 1.82) is 0 Å². The molecule has 0 aliphatic heterocycles. The normalized spacial score (nSPS) is 10.8. The molecule has 100 valence electrons. The Morgan fingerprint density at radius 2 is 1.95 bits per heavy atom. The lowest BCUT2D eigenvalue weighted by molar-refractivity contribution is 0.0697. The zero-order chi connectivity index (χ0) is 13.9. The Morgan fingerprint density at radius 3 is 2.70 bits per heavy atom. The van der Waals surface area contributed by atoms with Crippen LogP contribution in [-0.4, -0.2) is 16.1 Å². The summed E-state index contributed by atoms with van der Waals surface area (Å²) in [7, 11) is 0. The highest BCUT2D eigenvalue weighted by Gasteiger charge is 2.19. The predicted octanol–water partition coefficient (Wildman–Crippen LogP) is 3.82. The quantitative estimate of drug-likeness (QED) is 0.738. The van der Waals surface area contributed by atoms with Gasteiger partial charge in [-0.25, -0.2) is 4.79 Å². The molecule has 0 atom stereocenters. The van der Waals surface area contributed by atoms with Crippen LogP contribution in [0.15, 0.2) is 58.1 Å². The van der Waals surface area contributed by atoms with Crippen molar-refractivity contribution >= 4 is 28.7 Å². The number of fused-ring (bicyclic) bond motifs is 1. The van der Waals surface area contributed by atoms with Crippen LogP contribution < -0.4 is 0 Å². The van der Waals surface area contributed by atoms with E-state index in [0.29, 0.717) is 22.5 Å². The van der Waals surface area contributed by atoms with E-state index in [1.165, 1.54) is 11.8 Å². The molecule has 0 radical (unpaired) electrons. The van der Waals surface area contributed by atoms with Gasteiger partial charge in [0.15, 0.2) is 0 Å². The molecular formula is C15H11NO3S. The van der Waals surface area contributed by atoms with Gasteiger partial charge in [-0.2, -0.15) is 0 Å². The van der Waals surface area contributed by atoms with Crippen LogP contribution in [0.1, 0.15) is 16.1 Å². The Hall–Kier alpha value is -2.27. The van der Waals surface area contributed by atoms with Crippen molar-refractivity contribution in [3.05, 3.63) is 60.1 Å². The van der Waals surface area contributed by atoms with E-state index in [9.17, 15) is 9.90 Å². The smallest absolute Gasteiger partial charge is 0.339 e. The van der Waals surface area contributed by atoms with Gasteiger partial charge in [0.1, 0.15) is 16.9 Å². The van der Waals surface area contributed by atoms with E-state index in [-0.39, 0.29) is 5.56 Å². The third-order valence-corrected chi connectivity index (χ3v) is 3.91. The third-order valence-electron chi connectivity index (χ3n) is 2.90. The van der Waals surface area contributed by atoms with E-state index in [2.05, 4.69) is 4.98 Å². The number of hydrogen-bond donors (Lipinski definition) is 1. The zero-order valence-electron chi connectivity index (χ0n) is 10.4. The first-order valence-electron chi connectivity index (χ1n) is 6.02. The fourth-order valence-corrected chi connectivity index (χ4v) is 2.83. The van der Waals surface area contributed by atoms with E-state index in [1.807, 2.05) is 24.3 Å². The summed E-state index contributed by atoms with van der Waals surface area (Å²) in [5, 5.41) is 10.0. The SMILES string of the molecule is O=C(O)c1c(CSc2ccncc2)oc2ccccc12. The Bertz CT molecular complexity index is 752. The lowest BCUT2D eigenvalue weighted by atomic mass is 10.1. The summed E-state index contributed by atoms with van der Waals surface area (Å²) in [5.41, 5.74) is 0.859. The van der Waals surface area contributed by atoms with Gasteiger partial charge in [-0.15, -0.1) is 11.8 Å². The molecule has 0 aliphatic carbocycles. The van der Waals surface area contributed by atoms with Gasteiger partial charge >= 0.3 is 5.97 Å². The monoisotopic (exact) mass is 285 g/mol. The number of rotatable bonds is 4. The number of hydrogen-bond acceptors (Lipinski definition) is 4. The molecule has 2 aromatic heterocycles. The number of aromatic nitrogens is 1. The van der Waals surface area contributed by atoms with Gasteiger partial charge < -0.3 is 9.52 Å². The van der Waals surface area contributed by atoms with Crippen LogP contribution in [0.25, 0.3) is 11.0 Å². The molecule has 1 N–H and O–H groups in total. The Morgan fingerprint density at radius 1 is 1.20 bits per heavy atom. The van der Waals surface area contributed by atoms with Crippen LogP contribution in [0, 0.1) is 0 Å². The first-order valence-corrected chi connectivity index (χ1v) is 7.01. The number of thioether (sulfide) groups is 1. The van der Waals surface area contributed by atoms with Gasteiger partial charge in [0.05, 0.1) is 5.75 Å². The molecule has 0 saturated carbocycles. The largest absolute Gasteiger partial charge is 0.478 e. The Labute approximate surface area is 119 Å². The maximum absolute atomic E-state index is 11.4. The van der Waals surface area contributed by atoms with E-state index >= 15 is 0 Å². The first-order chi connectivity index (χ1) is 9.75. The van der Waals surface area contributed by atoms with E-state index in [1.54, 1.807) is 24.5 Å². The second-order valence-corrected chi connectivity index (χ2v) is 5.22. The van der Waals surface area contributed by atoms with Crippen LogP contribution >= 0.6 is 11.8 Å². The van der Waals surface area contributed by atoms with Crippen LogP contribution in [0.5, 0.6) is 0 Å². The fraction of sp³-hybridized carbons (Fsp3) is 0.0667. The predicted molar refractivity (Wildman–Crippen MR) is 77.0 cm³/mol. The lowest BCUT2D eigenvalue weighted by Gasteiger charge is -2.00. The van der Waals surface area contributed by atoms with Crippen LogP contribution in [0.2, 0.25) is 0 Å². The summed E-state index contributed by atoms with van der Waals surface area (Å²) in [6.45, 7) is 0. The van der Waals surface area contributed by atoms with E-state index < -0.39 is 5.97 Å². The van der Waals surface area contributed by atoms with Crippen molar-refractivity contribution in [2.45, 2.75) is 10.6 Å². The highest BCUT2D eigenvalue weighted by atomic mass is 32.2. The maximum Gasteiger partial charge on any atom is 0.339 e. The minimum atomic E-state index is -0.958. The van der Waals surface area contributed by atoms with Crippen LogP contribution in [0.3, 0.4) is 0 Å². The summed E-state index contributed by atoms with van der Waals surface area (Å²) >= 11 is 1.52. The molecule has 0 aliphatic rings. The highest BCUT2D eigenvalue weighted by molar-refractivity contribution is 7.98. The maximum atomic E-state index is 11.4. The molecule has 5 heteroatoms. The second-order valence-electron chi connectivity index (χ2n) is 4.17. The second kappa shape index (κ2) is 5.38. The first kappa shape index (κ1) is 12.7. The summed E-state index contributed by atoms with van der Waals surface area (Å²) in [6.07, 6.45) is 3.41. The topological polar surface area (TPSA) is 63.3 Å². The fourth-order valence-electron chi connectivity index (χ4n) is 2.02. The minimum absolute atomic E-state index is 0.252. The van der Waals surface area contributed by atoms with Gasteiger partial charge in [-0.1, -0.05) is 18.2 Å². The molecule has 0 spiro atoms. The molecule has 3 rings (SSSR count). The van der Waals surface area contributed by atoms with Crippen molar-refractivity contribution in [2.75, 3.05) is 0 Å². The third kappa shape index (κ3) is 2.40. The summed E-state index contributed by atoms with van der Waals surface area (Å²) in [4.78, 5) is 16.4. The molecule has 1 aromatic carbocycles. The van der Waals surface area contributed by atoms with Gasteiger partial charge in [0.2, 0.25) is 0 Å². The average Bonchev–Trinajstić information content (AvgIpc) is 2.84. The molecule has 0 bridgehead atoms. The van der Waals surface area contributed by atoms with Crippen LogP contribution in [0.4, 0.5) is 0 Å². The van der Waals surface area contributed by atoms with E-state index in [4.69, 9.17) is 4.42 Å². The molecule has 0 amide bonds. The standard InChI is InChI=1S/C15H11NO3S/c17-15(18)14-11-3-1-2-4-12(11)19-13(14)9-20-10-5-7-16-8-6-10/h1-8H,9H2,(H,17,18). The Balaban J connectivity index is 1.95. The van der Waals surface area contributed by atoms with Crippen molar-refractivity contribution in [3.8, 4) is 0 Å². The number of carbonyl (C=O) groups is 1. The van der Waals surface area contributed by atoms with Gasteiger partial charge in [-0.3, -0.25) is 4.98 Å². The summed E-state index contributed by atoms with van der Waals surface area (Å²) in [5.74, 6) is 0.00106. The lowest BCUT2D eigenvalue weighted by Crippen LogP contribution is -1.98. The van der Waals surface area contributed by atoms with E-state index in [0.717, 1.165) is 4.90 Å².